The zero-order valence-corrected chi connectivity index (χ0v) is 11.4. The number of carbonyl (C=O) groups excluding carboxylic acids is 1. The zero-order valence-electron chi connectivity index (χ0n) is 11.4. The topological polar surface area (TPSA) is 63.2 Å². The van der Waals surface area contributed by atoms with Crippen molar-refractivity contribution in [3.63, 3.8) is 0 Å². The van der Waals surface area contributed by atoms with Crippen molar-refractivity contribution < 1.29 is 32.9 Å². The maximum Gasteiger partial charge on any atom is 0.302 e. The fourth-order valence-electron chi connectivity index (χ4n) is 1.06. The smallest absolute Gasteiger partial charge is 0.302 e. The monoisotopic (exact) mass is 282 g/mol. The Kier molecular flexibility index (Phi) is 14.7. The molecule has 114 valence electrons. The van der Waals surface area contributed by atoms with E-state index in [-0.39, 0.29) is 19.2 Å². The van der Waals surface area contributed by atoms with Crippen molar-refractivity contribution in [2.45, 2.75) is 6.92 Å². The molecule has 0 rings (SSSR count). The van der Waals surface area contributed by atoms with Gasteiger partial charge in [-0.3, -0.25) is 4.79 Å². The van der Waals surface area contributed by atoms with E-state index in [0.29, 0.717) is 46.2 Å². The molecule has 0 amide bonds. The Hall–Kier alpha value is -0.760. The first-order chi connectivity index (χ1) is 9.27. The third-order valence-corrected chi connectivity index (χ3v) is 1.87. The maximum absolute atomic E-state index is 11.6. The lowest BCUT2D eigenvalue weighted by Crippen LogP contribution is -2.14. The van der Waals surface area contributed by atoms with E-state index in [0.717, 1.165) is 0 Å². The quantitative estimate of drug-likeness (QED) is 0.343. The van der Waals surface area contributed by atoms with Crippen LogP contribution in [0.4, 0.5) is 4.39 Å². The Morgan fingerprint density at radius 2 is 1.11 bits per heavy atom. The molecule has 0 aromatic carbocycles. The van der Waals surface area contributed by atoms with Gasteiger partial charge >= 0.3 is 5.97 Å². The van der Waals surface area contributed by atoms with Crippen LogP contribution in [0.1, 0.15) is 6.92 Å². The average molecular weight is 282 g/mol. The molecule has 0 bridgehead atoms. The van der Waals surface area contributed by atoms with Crippen LogP contribution in [-0.2, 0) is 28.5 Å². The van der Waals surface area contributed by atoms with E-state index >= 15 is 0 Å². The standard InChI is InChI=1S/C12H23FO6/c1-12(14)19-11-10-18-9-8-17-7-6-16-5-4-15-3-2-13/h2-11H2,1H3. The van der Waals surface area contributed by atoms with E-state index in [1.807, 2.05) is 0 Å². The summed E-state index contributed by atoms with van der Waals surface area (Å²) in [6, 6.07) is 0. The van der Waals surface area contributed by atoms with Crippen molar-refractivity contribution >= 4 is 5.97 Å². The van der Waals surface area contributed by atoms with Crippen molar-refractivity contribution in [3.8, 4) is 0 Å². The van der Waals surface area contributed by atoms with Gasteiger partial charge in [0.2, 0.25) is 0 Å². The molecular formula is C12H23FO6. The van der Waals surface area contributed by atoms with Gasteiger partial charge in [-0.2, -0.15) is 0 Å². The Balaban J connectivity index is 2.93. The summed E-state index contributed by atoms with van der Waals surface area (Å²) >= 11 is 0. The van der Waals surface area contributed by atoms with Crippen molar-refractivity contribution in [3.05, 3.63) is 0 Å². The molecule has 7 heteroatoms. The zero-order chi connectivity index (χ0) is 14.2. The van der Waals surface area contributed by atoms with Crippen molar-refractivity contribution in [1.82, 2.24) is 0 Å². The summed E-state index contributed by atoms with van der Waals surface area (Å²) in [4.78, 5) is 10.4. The highest BCUT2D eigenvalue weighted by atomic mass is 19.1. The van der Waals surface area contributed by atoms with Crippen LogP contribution >= 0.6 is 0 Å². The highest BCUT2D eigenvalue weighted by Gasteiger charge is 1.94. The normalized spacial score (nSPS) is 10.6. The Morgan fingerprint density at radius 1 is 0.737 bits per heavy atom. The van der Waals surface area contributed by atoms with Gasteiger partial charge in [0, 0.05) is 6.92 Å². The summed E-state index contributed by atoms with van der Waals surface area (Å²) in [6.07, 6.45) is 0. The SMILES string of the molecule is CC(=O)OCCOCCOCCOCCOCCF. The third-order valence-electron chi connectivity index (χ3n) is 1.87. The number of ether oxygens (including phenoxy) is 5. The first-order valence-corrected chi connectivity index (χ1v) is 6.27. The molecule has 0 atom stereocenters. The van der Waals surface area contributed by atoms with E-state index in [1.165, 1.54) is 6.92 Å². The summed E-state index contributed by atoms with van der Waals surface area (Å²) in [6.45, 7) is 4.29. The summed E-state index contributed by atoms with van der Waals surface area (Å²) in [5, 5.41) is 0. The number of esters is 1. The number of hydrogen-bond acceptors (Lipinski definition) is 6. The molecule has 0 aliphatic rings. The van der Waals surface area contributed by atoms with E-state index < -0.39 is 6.67 Å². The van der Waals surface area contributed by atoms with Gasteiger partial charge in [-0.1, -0.05) is 0 Å². The molecule has 0 spiro atoms. The highest BCUT2D eigenvalue weighted by Crippen LogP contribution is 1.84. The van der Waals surface area contributed by atoms with E-state index in [9.17, 15) is 9.18 Å². The molecule has 6 nitrogen and oxygen atoms in total. The summed E-state index contributed by atoms with van der Waals surface area (Å²) in [5.41, 5.74) is 0. The van der Waals surface area contributed by atoms with Crippen molar-refractivity contribution in [1.29, 1.82) is 0 Å². The Bertz CT molecular complexity index is 203. The second kappa shape index (κ2) is 15.3. The molecular weight excluding hydrogens is 259 g/mol. The van der Waals surface area contributed by atoms with Gasteiger partial charge in [-0.15, -0.1) is 0 Å². The molecule has 0 saturated heterocycles. The number of rotatable bonds is 14. The molecule has 0 aliphatic heterocycles. The first kappa shape index (κ1) is 18.2. The van der Waals surface area contributed by atoms with Crippen LogP contribution in [0.3, 0.4) is 0 Å². The van der Waals surface area contributed by atoms with Gasteiger partial charge < -0.3 is 23.7 Å². The first-order valence-electron chi connectivity index (χ1n) is 6.27. The minimum atomic E-state index is -0.472. The fraction of sp³-hybridized carbons (Fsp3) is 0.917. The molecule has 0 aliphatic carbocycles. The third kappa shape index (κ3) is 17.2. The minimum absolute atomic E-state index is 0.116. The molecule has 19 heavy (non-hydrogen) atoms. The summed E-state index contributed by atoms with van der Waals surface area (Å²) in [5.74, 6) is -0.313. The largest absolute Gasteiger partial charge is 0.463 e. The van der Waals surface area contributed by atoms with Gasteiger partial charge in [-0.05, 0) is 0 Å². The molecule has 0 heterocycles. The number of carbonyl (C=O) groups is 1. The van der Waals surface area contributed by atoms with Crippen LogP contribution in [0.15, 0.2) is 0 Å². The Labute approximate surface area is 113 Å². The number of halogens is 1. The molecule has 0 unspecified atom stereocenters. The number of hydrogen-bond donors (Lipinski definition) is 0. The van der Waals surface area contributed by atoms with Crippen molar-refractivity contribution in [2.75, 3.05) is 66.1 Å². The summed E-state index contributed by atoms with van der Waals surface area (Å²) < 4.78 is 36.8. The predicted octanol–water partition coefficient (Wildman–Crippen LogP) is 0.585. The van der Waals surface area contributed by atoms with Gasteiger partial charge in [0.15, 0.2) is 0 Å². The molecule has 0 aromatic heterocycles. The van der Waals surface area contributed by atoms with Crippen LogP contribution in [0, 0.1) is 0 Å². The Morgan fingerprint density at radius 3 is 1.47 bits per heavy atom. The van der Waals surface area contributed by atoms with Gasteiger partial charge in [0.1, 0.15) is 13.3 Å². The summed E-state index contributed by atoms with van der Waals surface area (Å²) in [7, 11) is 0. The maximum atomic E-state index is 11.6. The van der Waals surface area contributed by atoms with Crippen LogP contribution in [0.5, 0.6) is 0 Å². The van der Waals surface area contributed by atoms with E-state index in [2.05, 4.69) is 4.74 Å². The number of alkyl halides is 1. The lowest BCUT2D eigenvalue weighted by molar-refractivity contribution is -0.142. The van der Waals surface area contributed by atoms with Crippen LogP contribution in [0.2, 0.25) is 0 Å². The molecule has 0 N–H and O–H groups in total. The minimum Gasteiger partial charge on any atom is -0.463 e. The van der Waals surface area contributed by atoms with E-state index in [4.69, 9.17) is 18.9 Å². The molecule has 0 aromatic rings. The lowest BCUT2D eigenvalue weighted by atomic mass is 10.7. The van der Waals surface area contributed by atoms with Crippen molar-refractivity contribution in [2.24, 2.45) is 0 Å². The van der Waals surface area contributed by atoms with Crippen LogP contribution < -0.4 is 0 Å². The average Bonchev–Trinajstić information content (AvgIpc) is 2.39. The van der Waals surface area contributed by atoms with Gasteiger partial charge in [-0.25, -0.2) is 4.39 Å². The predicted molar refractivity (Wildman–Crippen MR) is 65.9 cm³/mol. The van der Waals surface area contributed by atoms with Crippen LogP contribution in [-0.4, -0.2) is 72.1 Å². The lowest BCUT2D eigenvalue weighted by Gasteiger charge is -2.07. The second-order valence-electron chi connectivity index (χ2n) is 3.48. The molecule has 0 fully saturated rings. The van der Waals surface area contributed by atoms with E-state index in [1.54, 1.807) is 0 Å². The molecule has 0 saturated carbocycles. The van der Waals surface area contributed by atoms with Gasteiger partial charge in [0.25, 0.3) is 0 Å². The highest BCUT2D eigenvalue weighted by molar-refractivity contribution is 5.65. The fourth-order valence-corrected chi connectivity index (χ4v) is 1.06. The van der Waals surface area contributed by atoms with Gasteiger partial charge in [0.05, 0.1) is 52.9 Å². The van der Waals surface area contributed by atoms with Crippen LogP contribution in [0.25, 0.3) is 0 Å². The molecule has 0 radical (unpaired) electrons. The second-order valence-corrected chi connectivity index (χ2v) is 3.48.